The molecule has 0 atom stereocenters. The van der Waals surface area contributed by atoms with Gasteiger partial charge in [-0.15, -0.1) is 5.10 Å². The molecule has 1 aromatic heterocycles. The van der Waals surface area contributed by atoms with Gasteiger partial charge in [0.05, 0.1) is 10.6 Å². The molecule has 1 heterocycles. The zero-order chi connectivity index (χ0) is 13.5. The fourth-order valence-corrected chi connectivity index (χ4v) is 2.97. The van der Waals surface area contributed by atoms with Crippen LogP contribution in [0.25, 0.3) is 5.69 Å². The summed E-state index contributed by atoms with van der Waals surface area (Å²) in [6, 6.07) is 6.50. The van der Waals surface area contributed by atoms with E-state index in [-0.39, 0.29) is 16.9 Å². The molecule has 1 aliphatic rings. The maximum absolute atomic E-state index is 12.0. The number of nitrogen functional groups attached to an aromatic ring is 1. The number of hydrogen-bond acceptors (Lipinski definition) is 5. The van der Waals surface area contributed by atoms with Gasteiger partial charge in [0.25, 0.3) is 0 Å². The van der Waals surface area contributed by atoms with E-state index in [0.717, 1.165) is 12.8 Å². The minimum absolute atomic E-state index is 0.0970. The molecule has 1 aromatic carbocycles. The number of aromatic nitrogens is 3. The Morgan fingerprint density at radius 3 is 2.47 bits per heavy atom. The number of anilines is 1. The first-order valence-electron chi connectivity index (χ1n) is 5.84. The Labute approximate surface area is 110 Å². The Morgan fingerprint density at radius 1 is 1.26 bits per heavy atom. The van der Waals surface area contributed by atoms with Crippen LogP contribution in [-0.2, 0) is 10.0 Å². The standard InChI is InChI=1S/C11H13N5O2S/c12-11-13-7-16(14-11)9-3-5-10(6-4-9)19(17,18)15-8-1-2-8/h3-8,15H,1-2H2,(H2,12,14). The van der Waals surface area contributed by atoms with E-state index in [9.17, 15) is 8.42 Å². The second-order valence-electron chi connectivity index (χ2n) is 4.44. The van der Waals surface area contributed by atoms with Gasteiger partial charge < -0.3 is 5.73 Å². The van der Waals surface area contributed by atoms with Crippen LogP contribution >= 0.6 is 0 Å². The van der Waals surface area contributed by atoms with Gasteiger partial charge in [-0.25, -0.2) is 22.8 Å². The molecule has 3 rings (SSSR count). The number of benzene rings is 1. The Morgan fingerprint density at radius 2 is 1.95 bits per heavy atom. The predicted molar refractivity (Wildman–Crippen MR) is 69.1 cm³/mol. The molecule has 2 aromatic rings. The number of rotatable bonds is 4. The third-order valence-electron chi connectivity index (χ3n) is 2.82. The lowest BCUT2D eigenvalue weighted by atomic mass is 10.3. The van der Waals surface area contributed by atoms with Gasteiger partial charge >= 0.3 is 0 Å². The molecule has 0 unspecified atom stereocenters. The van der Waals surface area contributed by atoms with Gasteiger partial charge in [0.1, 0.15) is 6.33 Å². The summed E-state index contributed by atoms with van der Waals surface area (Å²) in [5, 5.41) is 3.95. The highest BCUT2D eigenvalue weighted by molar-refractivity contribution is 7.89. The highest BCUT2D eigenvalue weighted by Gasteiger charge is 2.27. The smallest absolute Gasteiger partial charge is 0.240 e. The SMILES string of the molecule is Nc1ncn(-c2ccc(S(=O)(=O)NC3CC3)cc2)n1. The van der Waals surface area contributed by atoms with E-state index in [1.165, 1.54) is 23.1 Å². The van der Waals surface area contributed by atoms with E-state index >= 15 is 0 Å². The van der Waals surface area contributed by atoms with Crippen molar-refractivity contribution >= 4 is 16.0 Å². The molecular weight excluding hydrogens is 266 g/mol. The number of nitrogens with one attached hydrogen (secondary N) is 1. The fourth-order valence-electron chi connectivity index (χ4n) is 1.67. The Balaban J connectivity index is 1.86. The number of nitrogens with two attached hydrogens (primary N) is 1. The van der Waals surface area contributed by atoms with Gasteiger partial charge in [0.15, 0.2) is 0 Å². The van der Waals surface area contributed by atoms with Crippen LogP contribution in [0.1, 0.15) is 12.8 Å². The second kappa shape index (κ2) is 4.32. The molecule has 0 aliphatic heterocycles. The van der Waals surface area contributed by atoms with Crippen molar-refractivity contribution in [3.05, 3.63) is 30.6 Å². The highest BCUT2D eigenvalue weighted by Crippen LogP contribution is 2.22. The second-order valence-corrected chi connectivity index (χ2v) is 6.15. The molecular formula is C11H13N5O2S. The maximum atomic E-state index is 12.0. The first-order chi connectivity index (χ1) is 9.04. The lowest BCUT2D eigenvalue weighted by Gasteiger charge is -2.06. The summed E-state index contributed by atoms with van der Waals surface area (Å²) in [6.45, 7) is 0. The topological polar surface area (TPSA) is 103 Å². The van der Waals surface area contributed by atoms with Crippen LogP contribution in [0.2, 0.25) is 0 Å². The molecule has 7 nitrogen and oxygen atoms in total. The Hall–Kier alpha value is -1.93. The van der Waals surface area contributed by atoms with Crippen LogP contribution in [0.4, 0.5) is 5.95 Å². The highest BCUT2D eigenvalue weighted by atomic mass is 32.2. The first kappa shape index (κ1) is 12.1. The van der Waals surface area contributed by atoms with Crippen LogP contribution in [0.3, 0.4) is 0 Å². The van der Waals surface area contributed by atoms with Crippen molar-refractivity contribution < 1.29 is 8.42 Å². The van der Waals surface area contributed by atoms with Crippen LogP contribution < -0.4 is 10.5 Å². The van der Waals surface area contributed by atoms with Gasteiger partial charge in [0.2, 0.25) is 16.0 Å². The number of nitrogens with zero attached hydrogens (tertiary/aromatic N) is 3. The Kier molecular flexibility index (Phi) is 2.76. The third kappa shape index (κ3) is 2.59. The summed E-state index contributed by atoms with van der Waals surface area (Å²) in [7, 11) is -3.41. The van der Waals surface area contributed by atoms with E-state index in [2.05, 4.69) is 14.8 Å². The van der Waals surface area contributed by atoms with Crippen molar-refractivity contribution in [1.29, 1.82) is 0 Å². The van der Waals surface area contributed by atoms with Crippen molar-refractivity contribution in [1.82, 2.24) is 19.5 Å². The van der Waals surface area contributed by atoms with Gasteiger partial charge in [0, 0.05) is 6.04 Å². The molecule has 0 spiro atoms. The minimum Gasteiger partial charge on any atom is -0.366 e. The molecule has 0 radical (unpaired) electrons. The normalized spacial score (nSPS) is 15.6. The van der Waals surface area contributed by atoms with Crippen LogP contribution in [0, 0.1) is 0 Å². The summed E-state index contributed by atoms with van der Waals surface area (Å²) in [5.41, 5.74) is 6.13. The van der Waals surface area contributed by atoms with Crippen molar-refractivity contribution in [2.75, 3.05) is 5.73 Å². The van der Waals surface area contributed by atoms with Gasteiger partial charge in [-0.3, -0.25) is 0 Å². The molecule has 100 valence electrons. The van der Waals surface area contributed by atoms with Crippen LogP contribution in [-0.4, -0.2) is 29.2 Å². The summed E-state index contributed by atoms with van der Waals surface area (Å²) < 4.78 is 28.1. The molecule has 0 bridgehead atoms. The lowest BCUT2D eigenvalue weighted by molar-refractivity contribution is 0.581. The number of hydrogen-bond donors (Lipinski definition) is 2. The van der Waals surface area contributed by atoms with E-state index in [1.807, 2.05) is 0 Å². The molecule has 1 saturated carbocycles. The van der Waals surface area contributed by atoms with E-state index < -0.39 is 10.0 Å². The van der Waals surface area contributed by atoms with Crippen molar-refractivity contribution in [2.24, 2.45) is 0 Å². The fraction of sp³-hybridized carbons (Fsp3) is 0.273. The zero-order valence-corrected chi connectivity index (χ0v) is 10.8. The van der Waals surface area contributed by atoms with E-state index in [4.69, 9.17) is 5.73 Å². The monoisotopic (exact) mass is 279 g/mol. The summed E-state index contributed by atoms with van der Waals surface area (Å²) in [4.78, 5) is 4.06. The summed E-state index contributed by atoms with van der Waals surface area (Å²) in [6.07, 6.45) is 3.30. The van der Waals surface area contributed by atoms with Crippen LogP contribution in [0.15, 0.2) is 35.5 Å². The third-order valence-corrected chi connectivity index (χ3v) is 4.36. The average molecular weight is 279 g/mol. The molecule has 19 heavy (non-hydrogen) atoms. The molecule has 3 N–H and O–H groups in total. The maximum Gasteiger partial charge on any atom is 0.240 e. The quantitative estimate of drug-likeness (QED) is 0.837. The van der Waals surface area contributed by atoms with Crippen molar-refractivity contribution in [3.63, 3.8) is 0 Å². The first-order valence-corrected chi connectivity index (χ1v) is 7.33. The van der Waals surface area contributed by atoms with Crippen LogP contribution in [0.5, 0.6) is 0 Å². The summed E-state index contributed by atoms with van der Waals surface area (Å²) in [5.74, 6) is 0.173. The molecule has 1 fully saturated rings. The lowest BCUT2D eigenvalue weighted by Crippen LogP contribution is -2.25. The van der Waals surface area contributed by atoms with E-state index in [1.54, 1.807) is 12.1 Å². The average Bonchev–Trinajstić information content (AvgIpc) is 3.07. The minimum atomic E-state index is -3.41. The Bertz CT molecular complexity index is 688. The zero-order valence-electron chi connectivity index (χ0n) is 10.0. The van der Waals surface area contributed by atoms with Gasteiger partial charge in [-0.2, -0.15) is 0 Å². The molecule has 1 aliphatic carbocycles. The van der Waals surface area contributed by atoms with Crippen molar-refractivity contribution in [3.8, 4) is 5.69 Å². The molecule has 8 heteroatoms. The predicted octanol–water partition coefficient (Wildman–Crippen LogP) is 0.290. The number of sulfonamides is 1. The molecule has 0 amide bonds. The van der Waals surface area contributed by atoms with Gasteiger partial charge in [-0.05, 0) is 37.1 Å². The molecule has 0 saturated heterocycles. The summed E-state index contributed by atoms with van der Waals surface area (Å²) >= 11 is 0. The van der Waals surface area contributed by atoms with Crippen molar-refractivity contribution in [2.45, 2.75) is 23.8 Å². The van der Waals surface area contributed by atoms with Gasteiger partial charge in [-0.1, -0.05) is 0 Å². The van der Waals surface area contributed by atoms with E-state index in [0.29, 0.717) is 5.69 Å². The largest absolute Gasteiger partial charge is 0.366 e.